The van der Waals surface area contributed by atoms with Gasteiger partial charge in [-0.05, 0) is 11.6 Å². The summed E-state index contributed by atoms with van der Waals surface area (Å²) in [5, 5.41) is 13.8. The van der Waals surface area contributed by atoms with Crippen molar-refractivity contribution in [3.63, 3.8) is 0 Å². The van der Waals surface area contributed by atoms with Crippen molar-refractivity contribution in [3.05, 3.63) is 30.1 Å². The molecule has 0 radical (unpaired) electrons. The Labute approximate surface area is 101 Å². The number of hydrogen-bond donors (Lipinski definition) is 2. The molecule has 0 saturated carbocycles. The minimum absolute atomic E-state index is 0.330. The van der Waals surface area contributed by atoms with Crippen LogP contribution in [0.5, 0.6) is 0 Å². The molecule has 0 saturated heterocycles. The van der Waals surface area contributed by atoms with Gasteiger partial charge in [0.25, 0.3) is 5.89 Å². The molecule has 0 aromatic carbocycles. The van der Waals surface area contributed by atoms with Crippen LogP contribution in [0.2, 0.25) is 0 Å². The van der Waals surface area contributed by atoms with Crippen molar-refractivity contribution in [1.29, 1.82) is 0 Å². The molecule has 90 valence electrons. The van der Waals surface area contributed by atoms with E-state index in [2.05, 4.69) is 30.5 Å². The smallest absolute Gasteiger partial charge is 0.276 e. The maximum absolute atomic E-state index is 5.50. The van der Waals surface area contributed by atoms with Gasteiger partial charge in [-0.3, -0.25) is 4.98 Å². The van der Waals surface area contributed by atoms with Gasteiger partial charge < -0.3 is 10.3 Å². The third-order valence-electron chi connectivity index (χ3n) is 2.35. The van der Waals surface area contributed by atoms with E-state index in [1.807, 2.05) is 6.07 Å². The zero-order valence-corrected chi connectivity index (χ0v) is 9.24. The van der Waals surface area contributed by atoms with Crippen LogP contribution in [0.3, 0.4) is 0 Å². The van der Waals surface area contributed by atoms with E-state index in [9.17, 15) is 0 Å². The van der Waals surface area contributed by atoms with Gasteiger partial charge in [-0.15, -0.1) is 0 Å². The standard InChI is InChI=1S/C10H9N7O/c11-3-6-1-2-7(12-4-6)10-14-9(16-18-10)8-5-13-17-15-8/h1-2,4-5H,3,11H2,(H,13,15,17). The Bertz CT molecular complexity index is 629. The third-order valence-corrected chi connectivity index (χ3v) is 2.35. The topological polar surface area (TPSA) is 119 Å². The second kappa shape index (κ2) is 4.34. The van der Waals surface area contributed by atoms with E-state index in [0.717, 1.165) is 5.56 Å². The highest BCUT2D eigenvalue weighted by Gasteiger charge is 2.13. The highest BCUT2D eigenvalue weighted by atomic mass is 16.5. The van der Waals surface area contributed by atoms with E-state index in [1.54, 1.807) is 12.3 Å². The molecule has 3 rings (SSSR count). The van der Waals surface area contributed by atoms with E-state index in [4.69, 9.17) is 10.3 Å². The molecule has 0 aliphatic rings. The first-order valence-electron chi connectivity index (χ1n) is 5.22. The number of H-pyrrole nitrogens is 1. The fourth-order valence-corrected chi connectivity index (χ4v) is 1.41. The first-order valence-corrected chi connectivity index (χ1v) is 5.22. The largest absolute Gasteiger partial charge is 0.332 e. The molecule has 0 aliphatic carbocycles. The van der Waals surface area contributed by atoms with Crippen molar-refractivity contribution in [2.45, 2.75) is 6.54 Å². The first-order chi connectivity index (χ1) is 8.86. The predicted octanol–water partition coefficient (Wildman–Crippen LogP) is 0.375. The molecule has 0 aliphatic heterocycles. The number of nitrogens with zero attached hydrogens (tertiary/aromatic N) is 5. The number of hydrogen-bond acceptors (Lipinski definition) is 7. The van der Waals surface area contributed by atoms with Gasteiger partial charge in [0.05, 0.1) is 6.20 Å². The molecule has 8 heteroatoms. The number of rotatable bonds is 3. The number of aromatic nitrogens is 6. The van der Waals surface area contributed by atoms with Crippen molar-refractivity contribution in [2.75, 3.05) is 0 Å². The monoisotopic (exact) mass is 243 g/mol. The van der Waals surface area contributed by atoms with Gasteiger partial charge in [-0.25, -0.2) is 0 Å². The minimum atomic E-state index is 0.330. The second-order valence-electron chi connectivity index (χ2n) is 3.53. The van der Waals surface area contributed by atoms with Gasteiger partial charge in [0.1, 0.15) is 5.69 Å². The van der Waals surface area contributed by atoms with Crippen LogP contribution in [0.1, 0.15) is 5.56 Å². The van der Waals surface area contributed by atoms with E-state index in [1.165, 1.54) is 6.20 Å². The summed E-state index contributed by atoms with van der Waals surface area (Å²) < 4.78 is 5.11. The average molecular weight is 243 g/mol. The molecule has 0 spiro atoms. The predicted molar refractivity (Wildman–Crippen MR) is 60.8 cm³/mol. The van der Waals surface area contributed by atoms with Crippen LogP contribution >= 0.6 is 0 Å². The molecule has 3 N–H and O–H groups in total. The molecule has 18 heavy (non-hydrogen) atoms. The lowest BCUT2D eigenvalue weighted by Crippen LogP contribution is -1.96. The van der Waals surface area contributed by atoms with Crippen LogP contribution < -0.4 is 5.73 Å². The quantitative estimate of drug-likeness (QED) is 0.682. The Hall–Kier alpha value is -2.61. The molecule has 0 bridgehead atoms. The fraction of sp³-hybridized carbons (Fsp3) is 0.100. The summed E-state index contributed by atoms with van der Waals surface area (Å²) in [4.78, 5) is 8.38. The van der Waals surface area contributed by atoms with Crippen molar-refractivity contribution < 1.29 is 4.52 Å². The molecule has 3 heterocycles. The van der Waals surface area contributed by atoms with Gasteiger partial charge >= 0.3 is 0 Å². The number of nitrogens with one attached hydrogen (secondary N) is 1. The first kappa shape index (κ1) is 10.5. The summed E-state index contributed by atoms with van der Waals surface area (Å²) in [5.41, 5.74) is 7.55. The third kappa shape index (κ3) is 1.84. The molecule has 0 amide bonds. The molecular weight excluding hydrogens is 234 g/mol. The molecule has 3 aromatic rings. The number of nitrogens with two attached hydrogens (primary N) is 1. The Morgan fingerprint density at radius 1 is 1.22 bits per heavy atom. The minimum Gasteiger partial charge on any atom is -0.332 e. The maximum Gasteiger partial charge on any atom is 0.276 e. The van der Waals surface area contributed by atoms with Crippen LogP contribution in [-0.4, -0.2) is 30.5 Å². The van der Waals surface area contributed by atoms with Gasteiger partial charge in [0, 0.05) is 12.7 Å². The lowest BCUT2D eigenvalue weighted by atomic mass is 10.2. The van der Waals surface area contributed by atoms with Crippen molar-refractivity contribution in [2.24, 2.45) is 5.73 Å². The van der Waals surface area contributed by atoms with Crippen LogP contribution in [0.25, 0.3) is 23.1 Å². The Balaban J connectivity index is 1.92. The number of pyridine rings is 1. The number of aromatic amines is 1. The molecule has 0 fully saturated rings. The molecule has 8 nitrogen and oxygen atoms in total. The zero-order chi connectivity index (χ0) is 12.4. The van der Waals surface area contributed by atoms with Gasteiger partial charge in [0.15, 0.2) is 5.69 Å². The van der Waals surface area contributed by atoms with E-state index >= 15 is 0 Å². The molecular formula is C10H9N7O. The maximum atomic E-state index is 5.50. The van der Waals surface area contributed by atoms with Crippen LogP contribution in [0.4, 0.5) is 0 Å². The Morgan fingerprint density at radius 3 is 2.83 bits per heavy atom. The molecule has 0 atom stereocenters. The summed E-state index contributed by atoms with van der Waals surface area (Å²) in [7, 11) is 0. The van der Waals surface area contributed by atoms with Crippen LogP contribution in [0.15, 0.2) is 29.0 Å². The lowest BCUT2D eigenvalue weighted by Gasteiger charge is -1.96. The second-order valence-corrected chi connectivity index (χ2v) is 3.53. The Morgan fingerprint density at radius 2 is 2.17 bits per heavy atom. The van der Waals surface area contributed by atoms with E-state index < -0.39 is 0 Å². The zero-order valence-electron chi connectivity index (χ0n) is 9.24. The Kier molecular flexibility index (Phi) is 2.54. The summed E-state index contributed by atoms with van der Waals surface area (Å²) in [6, 6.07) is 3.64. The lowest BCUT2D eigenvalue weighted by molar-refractivity contribution is 0.430. The molecule has 0 unspecified atom stereocenters. The van der Waals surface area contributed by atoms with E-state index in [-0.39, 0.29) is 0 Å². The van der Waals surface area contributed by atoms with Crippen LogP contribution in [0, 0.1) is 0 Å². The highest BCUT2D eigenvalue weighted by molar-refractivity contribution is 5.52. The average Bonchev–Trinajstić information content (AvgIpc) is 3.09. The SMILES string of the molecule is NCc1ccc(-c2nc(-c3cn[nH]n3)no2)nc1. The van der Waals surface area contributed by atoms with Crippen LogP contribution in [-0.2, 0) is 6.54 Å². The normalized spacial score (nSPS) is 10.7. The van der Waals surface area contributed by atoms with Gasteiger partial charge in [0.2, 0.25) is 5.82 Å². The summed E-state index contributed by atoms with van der Waals surface area (Å²) in [6.07, 6.45) is 3.19. The van der Waals surface area contributed by atoms with E-state index in [0.29, 0.717) is 29.6 Å². The molecule has 3 aromatic heterocycles. The van der Waals surface area contributed by atoms with Crippen molar-refractivity contribution >= 4 is 0 Å². The van der Waals surface area contributed by atoms with Crippen molar-refractivity contribution in [3.8, 4) is 23.1 Å². The summed E-state index contributed by atoms with van der Waals surface area (Å²) in [5.74, 6) is 0.694. The highest BCUT2D eigenvalue weighted by Crippen LogP contribution is 2.18. The van der Waals surface area contributed by atoms with Gasteiger partial charge in [-0.2, -0.15) is 20.4 Å². The fourth-order valence-electron chi connectivity index (χ4n) is 1.41. The van der Waals surface area contributed by atoms with Gasteiger partial charge in [-0.1, -0.05) is 11.2 Å². The summed E-state index contributed by atoms with van der Waals surface area (Å²) >= 11 is 0. The van der Waals surface area contributed by atoms with Crippen molar-refractivity contribution in [1.82, 2.24) is 30.5 Å². The summed E-state index contributed by atoms with van der Waals surface area (Å²) in [6.45, 7) is 0.446.